The van der Waals surface area contributed by atoms with Gasteiger partial charge in [-0.3, -0.25) is 14.0 Å². The molecule has 37 heavy (non-hydrogen) atoms. The molecule has 1 aromatic carbocycles. The maximum atomic E-state index is 15.0. The van der Waals surface area contributed by atoms with Gasteiger partial charge in [0.25, 0.3) is 5.56 Å². The number of nitrogens with zero attached hydrogens (tertiary/aromatic N) is 6. The summed E-state index contributed by atoms with van der Waals surface area (Å²) in [7, 11) is 3.43. The molecular formula is C26H25F3N6O2. The minimum atomic E-state index is -1.30. The van der Waals surface area contributed by atoms with Crippen LogP contribution < -0.4 is 10.5 Å². The second kappa shape index (κ2) is 8.41. The summed E-state index contributed by atoms with van der Waals surface area (Å²) in [6, 6.07) is 2.88. The fourth-order valence-corrected chi connectivity index (χ4v) is 5.21. The summed E-state index contributed by atoms with van der Waals surface area (Å²) >= 11 is 0. The van der Waals surface area contributed by atoms with Crippen LogP contribution in [-0.2, 0) is 18.8 Å². The molecule has 6 rings (SSSR count). The molecule has 0 radical (unpaired) electrons. The molecule has 1 aliphatic heterocycles. The molecule has 0 N–H and O–H groups in total. The van der Waals surface area contributed by atoms with Crippen molar-refractivity contribution in [2.24, 2.45) is 14.1 Å². The Hall–Kier alpha value is -3.73. The van der Waals surface area contributed by atoms with Crippen LogP contribution in [0.4, 0.5) is 19.0 Å². The Morgan fingerprint density at radius 1 is 1.05 bits per heavy atom. The number of aromatic nitrogens is 5. The summed E-state index contributed by atoms with van der Waals surface area (Å²) in [5.41, 5.74) is 0.0483. The predicted octanol–water partition coefficient (Wildman–Crippen LogP) is 3.96. The van der Waals surface area contributed by atoms with Crippen LogP contribution in [0.3, 0.4) is 0 Å². The van der Waals surface area contributed by atoms with E-state index < -0.39 is 17.5 Å². The van der Waals surface area contributed by atoms with Gasteiger partial charge >= 0.3 is 0 Å². The molecule has 2 aliphatic rings. The van der Waals surface area contributed by atoms with E-state index in [1.807, 2.05) is 18.1 Å². The lowest BCUT2D eigenvalue weighted by molar-refractivity contribution is -0.150. The summed E-state index contributed by atoms with van der Waals surface area (Å²) in [4.78, 5) is 24.5. The van der Waals surface area contributed by atoms with Crippen LogP contribution in [0.2, 0.25) is 0 Å². The number of morpholine rings is 1. The zero-order valence-electron chi connectivity index (χ0n) is 20.6. The molecule has 1 atom stereocenters. The summed E-state index contributed by atoms with van der Waals surface area (Å²) < 4.78 is 52.6. The lowest BCUT2D eigenvalue weighted by Gasteiger charge is -2.51. The van der Waals surface area contributed by atoms with Gasteiger partial charge in [-0.2, -0.15) is 5.10 Å². The topological polar surface area (TPSA) is 78.1 Å². The summed E-state index contributed by atoms with van der Waals surface area (Å²) in [5, 5.41) is 4.49. The van der Waals surface area contributed by atoms with Gasteiger partial charge in [-0.15, -0.1) is 0 Å². The highest BCUT2D eigenvalue weighted by Gasteiger charge is 2.46. The third-order valence-corrected chi connectivity index (χ3v) is 7.48. The number of aryl methyl sites for hydroxylation is 2. The van der Waals surface area contributed by atoms with E-state index in [0.29, 0.717) is 30.8 Å². The molecule has 8 nitrogen and oxygen atoms in total. The van der Waals surface area contributed by atoms with Gasteiger partial charge in [-0.25, -0.2) is 23.1 Å². The van der Waals surface area contributed by atoms with E-state index in [4.69, 9.17) is 9.72 Å². The molecular weight excluding hydrogens is 485 g/mol. The fraction of sp³-hybridized carbons (Fsp3) is 0.385. The third kappa shape index (κ3) is 3.88. The minimum absolute atomic E-state index is 0.0169. The molecule has 2 fully saturated rings. The van der Waals surface area contributed by atoms with Crippen molar-refractivity contribution >= 4 is 16.7 Å². The predicted molar refractivity (Wildman–Crippen MR) is 131 cm³/mol. The van der Waals surface area contributed by atoms with Crippen LogP contribution in [0.5, 0.6) is 0 Å². The number of ether oxygens (including phenoxy) is 1. The Morgan fingerprint density at radius 2 is 1.81 bits per heavy atom. The van der Waals surface area contributed by atoms with Crippen molar-refractivity contribution in [3.05, 3.63) is 69.8 Å². The largest absolute Gasteiger partial charge is 0.363 e. The molecule has 4 heterocycles. The van der Waals surface area contributed by atoms with Gasteiger partial charge in [0.2, 0.25) is 0 Å². The number of rotatable bonds is 3. The highest BCUT2D eigenvalue weighted by Crippen LogP contribution is 2.45. The van der Waals surface area contributed by atoms with Crippen molar-refractivity contribution in [1.82, 2.24) is 24.3 Å². The SMILES string of the molecule is Cc1nc2c(-c3cc(F)c(F)cc3F)nc(N3C[C@@H](c4cnn(C)c4)OC4(CCC4)C3)cc2c(=O)n1C. The zero-order chi connectivity index (χ0) is 26.1. The highest BCUT2D eigenvalue weighted by atomic mass is 19.2. The van der Waals surface area contributed by atoms with Crippen molar-refractivity contribution in [3.63, 3.8) is 0 Å². The van der Waals surface area contributed by atoms with E-state index in [0.717, 1.165) is 30.9 Å². The molecule has 0 unspecified atom stereocenters. The van der Waals surface area contributed by atoms with Crippen LogP contribution in [0, 0.1) is 24.4 Å². The van der Waals surface area contributed by atoms with Crippen LogP contribution in [-0.4, -0.2) is 43.0 Å². The minimum Gasteiger partial charge on any atom is -0.363 e. The van der Waals surface area contributed by atoms with E-state index in [9.17, 15) is 18.0 Å². The molecule has 1 saturated heterocycles. The molecule has 11 heteroatoms. The maximum Gasteiger partial charge on any atom is 0.261 e. The second-order valence-electron chi connectivity index (χ2n) is 9.97. The van der Waals surface area contributed by atoms with Crippen molar-refractivity contribution in [2.45, 2.75) is 37.9 Å². The zero-order valence-corrected chi connectivity index (χ0v) is 20.6. The molecule has 1 saturated carbocycles. The number of hydrogen-bond acceptors (Lipinski definition) is 6. The number of anilines is 1. The standard InChI is InChI=1S/C26H25F3N6O2/c1-14-31-24-17(25(36)34(14)3)8-22(32-23(24)16-7-19(28)20(29)9-18(16)27)35-12-21(15-10-30-33(2)11-15)37-26(13-35)5-4-6-26/h7-11,21H,4-6,12-13H2,1-3H3/t21-/m0/s1. The molecule has 0 amide bonds. The first-order valence-corrected chi connectivity index (χ1v) is 12.1. The van der Waals surface area contributed by atoms with Gasteiger partial charge in [0.05, 0.1) is 23.7 Å². The first-order valence-electron chi connectivity index (χ1n) is 12.1. The van der Waals surface area contributed by atoms with Gasteiger partial charge in [-0.1, -0.05) is 0 Å². The lowest BCUT2D eigenvalue weighted by Crippen LogP contribution is -2.56. The number of benzene rings is 1. The second-order valence-corrected chi connectivity index (χ2v) is 9.97. The summed E-state index contributed by atoms with van der Waals surface area (Å²) in [6.07, 6.45) is 6.16. The monoisotopic (exact) mass is 510 g/mol. The Balaban J connectivity index is 1.55. The van der Waals surface area contributed by atoms with E-state index in [1.165, 1.54) is 4.57 Å². The normalized spacial score (nSPS) is 19.0. The van der Waals surface area contributed by atoms with Gasteiger partial charge in [0.15, 0.2) is 11.6 Å². The first kappa shape index (κ1) is 23.7. The summed E-state index contributed by atoms with van der Waals surface area (Å²) in [5.74, 6) is -2.71. The van der Waals surface area contributed by atoms with Crippen molar-refractivity contribution in [3.8, 4) is 11.3 Å². The Kier molecular flexibility index (Phi) is 5.37. The quantitative estimate of drug-likeness (QED) is 0.389. The molecule has 1 spiro atoms. The molecule has 3 aromatic heterocycles. The van der Waals surface area contributed by atoms with Crippen molar-refractivity contribution < 1.29 is 17.9 Å². The first-order chi connectivity index (χ1) is 17.6. The maximum absolute atomic E-state index is 15.0. The van der Waals surface area contributed by atoms with Crippen LogP contribution in [0.15, 0.2) is 35.4 Å². The van der Waals surface area contributed by atoms with E-state index in [-0.39, 0.29) is 39.4 Å². The van der Waals surface area contributed by atoms with Crippen LogP contribution >= 0.6 is 0 Å². The number of pyridine rings is 1. The molecule has 4 aromatic rings. The molecule has 192 valence electrons. The average Bonchev–Trinajstić information content (AvgIpc) is 3.29. The Labute approximate surface area is 210 Å². The average molecular weight is 511 g/mol. The van der Waals surface area contributed by atoms with Crippen LogP contribution in [0.25, 0.3) is 22.2 Å². The molecule has 1 aliphatic carbocycles. The Morgan fingerprint density at radius 3 is 2.49 bits per heavy atom. The Bertz CT molecular complexity index is 1610. The van der Waals surface area contributed by atoms with Gasteiger partial charge < -0.3 is 9.64 Å². The lowest BCUT2D eigenvalue weighted by atomic mass is 9.78. The van der Waals surface area contributed by atoms with Crippen LogP contribution in [0.1, 0.15) is 36.8 Å². The van der Waals surface area contributed by atoms with E-state index in [1.54, 1.807) is 30.9 Å². The van der Waals surface area contributed by atoms with E-state index >= 15 is 0 Å². The number of fused-ring (bicyclic) bond motifs is 1. The van der Waals surface area contributed by atoms with Crippen molar-refractivity contribution in [2.75, 3.05) is 18.0 Å². The summed E-state index contributed by atoms with van der Waals surface area (Å²) in [6.45, 7) is 2.59. The van der Waals surface area contributed by atoms with Gasteiger partial charge in [0.1, 0.15) is 34.8 Å². The van der Waals surface area contributed by atoms with E-state index in [2.05, 4.69) is 10.1 Å². The van der Waals surface area contributed by atoms with Gasteiger partial charge in [0, 0.05) is 44.0 Å². The number of hydrogen-bond donors (Lipinski definition) is 0. The smallest absolute Gasteiger partial charge is 0.261 e. The van der Waals surface area contributed by atoms with Crippen molar-refractivity contribution in [1.29, 1.82) is 0 Å². The third-order valence-electron chi connectivity index (χ3n) is 7.48. The van der Waals surface area contributed by atoms with Gasteiger partial charge in [-0.05, 0) is 38.3 Å². The highest BCUT2D eigenvalue weighted by molar-refractivity contribution is 5.93. The molecule has 0 bridgehead atoms. The fourth-order valence-electron chi connectivity index (χ4n) is 5.21. The number of halogens is 3.